The molecule has 232 valence electrons. The SMILES string of the molecule is O=C(O)NCc1ccc(N(Cc2cc([N+](=O)[O-])ccc2O)Cc2cc([N+](=O)[O-])ccc2OCc2cc([N+](=O)[O-])ccc2O)cc1. The van der Waals surface area contributed by atoms with Crippen LogP contribution in [0.5, 0.6) is 17.2 Å². The van der Waals surface area contributed by atoms with Gasteiger partial charge in [0.15, 0.2) is 0 Å². The topological polar surface area (TPSA) is 232 Å². The lowest BCUT2D eigenvalue weighted by molar-refractivity contribution is -0.385. The number of nitro benzene ring substituents is 3. The van der Waals surface area contributed by atoms with Gasteiger partial charge in [0.05, 0.1) is 14.8 Å². The Hall–Kier alpha value is -6.45. The molecule has 0 fully saturated rings. The lowest BCUT2D eigenvalue weighted by Gasteiger charge is -2.27. The molecule has 0 saturated heterocycles. The fraction of sp³-hybridized carbons (Fsp3) is 0.138. The van der Waals surface area contributed by atoms with E-state index in [9.17, 15) is 45.4 Å². The van der Waals surface area contributed by atoms with E-state index >= 15 is 0 Å². The molecule has 4 rings (SSSR count). The van der Waals surface area contributed by atoms with Crippen molar-refractivity contribution in [1.29, 1.82) is 0 Å². The van der Waals surface area contributed by atoms with E-state index in [0.29, 0.717) is 11.3 Å². The van der Waals surface area contributed by atoms with Crippen molar-refractivity contribution in [2.45, 2.75) is 26.2 Å². The number of anilines is 1. The first-order chi connectivity index (χ1) is 21.4. The molecule has 0 aromatic heterocycles. The fourth-order valence-corrected chi connectivity index (χ4v) is 4.36. The van der Waals surface area contributed by atoms with Crippen molar-refractivity contribution in [2.75, 3.05) is 4.90 Å². The molecule has 0 aliphatic carbocycles. The summed E-state index contributed by atoms with van der Waals surface area (Å²) in [4.78, 5) is 44.9. The van der Waals surface area contributed by atoms with Gasteiger partial charge in [0.25, 0.3) is 17.1 Å². The smallest absolute Gasteiger partial charge is 0.404 e. The summed E-state index contributed by atoms with van der Waals surface area (Å²) in [6, 6.07) is 17.3. The van der Waals surface area contributed by atoms with Crippen molar-refractivity contribution in [3.05, 3.63) is 131 Å². The van der Waals surface area contributed by atoms with Crippen LogP contribution in [0.2, 0.25) is 0 Å². The van der Waals surface area contributed by atoms with E-state index in [1.54, 1.807) is 29.2 Å². The van der Waals surface area contributed by atoms with E-state index in [1.807, 2.05) is 0 Å². The summed E-state index contributed by atoms with van der Waals surface area (Å²) in [6.07, 6.45) is -1.21. The number of hydrogen-bond donors (Lipinski definition) is 4. The molecule has 0 heterocycles. The molecule has 0 atom stereocenters. The first-order valence-electron chi connectivity index (χ1n) is 13.0. The minimum atomic E-state index is -1.21. The number of phenols is 2. The Bertz CT molecular complexity index is 1760. The molecule has 0 spiro atoms. The predicted molar refractivity (Wildman–Crippen MR) is 158 cm³/mol. The van der Waals surface area contributed by atoms with Crippen molar-refractivity contribution in [3.63, 3.8) is 0 Å². The van der Waals surface area contributed by atoms with E-state index < -0.39 is 20.9 Å². The van der Waals surface area contributed by atoms with Gasteiger partial charge >= 0.3 is 6.09 Å². The number of amides is 1. The highest BCUT2D eigenvalue weighted by Crippen LogP contribution is 2.33. The quantitative estimate of drug-likeness (QED) is 0.109. The van der Waals surface area contributed by atoms with Crippen LogP contribution in [0.15, 0.2) is 78.9 Å². The third-order valence-electron chi connectivity index (χ3n) is 6.65. The average Bonchev–Trinajstić information content (AvgIpc) is 3.00. The molecule has 0 aliphatic heterocycles. The molecule has 4 aromatic carbocycles. The minimum absolute atomic E-state index is 0.0225. The van der Waals surface area contributed by atoms with Gasteiger partial charge in [-0.1, -0.05) is 12.1 Å². The van der Waals surface area contributed by atoms with Crippen molar-refractivity contribution < 1.29 is 39.6 Å². The van der Waals surface area contributed by atoms with E-state index in [-0.39, 0.29) is 77.2 Å². The van der Waals surface area contributed by atoms with Gasteiger partial charge in [-0.2, -0.15) is 0 Å². The number of nitrogens with one attached hydrogen (secondary N) is 1. The van der Waals surface area contributed by atoms with Crippen LogP contribution in [0.4, 0.5) is 27.5 Å². The summed E-state index contributed by atoms with van der Waals surface area (Å²) < 4.78 is 5.87. The van der Waals surface area contributed by atoms with Crippen LogP contribution in [0, 0.1) is 30.3 Å². The molecular weight excluding hydrogens is 594 g/mol. The maximum atomic E-state index is 11.6. The standard InChI is InChI=1S/C29H25N5O11/c35-26-8-5-23(32(39)40)11-19(26)15-31(22-3-1-18(2-4-22)14-30-29(37)38)16-20-12-25(34(43)44)7-10-28(20)45-17-21-13-24(33(41)42)6-9-27(21)36/h1-13,30,35-36H,14-17H2,(H,37,38). The second kappa shape index (κ2) is 13.7. The van der Waals surface area contributed by atoms with Crippen LogP contribution in [-0.2, 0) is 26.2 Å². The van der Waals surface area contributed by atoms with Gasteiger partial charge in [-0.05, 0) is 35.9 Å². The lowest BCUT2D eigenvalue weighted by atomic mass is 10.1. The number of nitrogens with zero attached hydrogens (tertiary/aromatic N) is 4. The van der Waals surface area contributed by atoms with Crippen molar-refractivity contribution in [3.8, 4) is 17.2 Å². The summed E-state index contributed by atoms with van der Waals surface area (Å²) in [6.45, 7) is -0.495. The maximum Gasteiger partial charge on any atom is 0.404 e. The monoisotopic (exact) mass is 619 g/mol. The highest BCUT2D eigenvalue weighted by atomic mass is 16.6. The molecule has 16 nitrogen and oxygen atoms in total. The fourth-order valence-electron chi connectivity index (χ4n) is 4.36. The number of aromatic hydroxyl groups is 2. The summed E-state index contributed by atoms with van der Waals surface area (Å²) in [5.74, 6) is -0.351. The lowest BCUT2D eigenvalue weighted by Crippen LogP contribution is -2.23. The summed E-state index contributed by atoms with van der Waals surface area (Å²) in [5.41, 5.74) is 0.852. The Morgan fingerprint density at radius 3 is 1.76 bits per heavy atom. The summed E-state index contributed by atoms with van der Waals surface area (Å²) in [7, 11) is 0. The molecule has 4 aromatic rings. The molecule has 0 aliphatic rings. The third-order valence-corrected chi connectivity index (χ3v) is 6.65. The van der Waals surface area contributed by atoms with Crippen molar-refractivity contribution in [2.24, 2.45) is 0 Å². The first kappa shape index (κ1) is 31.5. The number of carboxylic acid groups (broad SMARTS) is 1. The van der Waals surface area contributed by atoms with E-state index in [0.717, 1.165) is 24.3 Å². The number of ether oxygens (including phenoxy) is 1. The zero-order valence-corrected chi connectivity index (χ0v) is 23.2. The Morgan fingerprint density at radius 1 is 0.711 bits per heavy atom. The Kier molecular flexibility index (Phi) is 9.57. The number of rotatable bonds is 13. The van der Waals surface area contributed by atoms with Crippen molar-refractivity contribution >= 4 is 28.8 Å². The molecule has 4 N–H and O–H groups in total. The highest BCUT2D eigenvalue weighted by Gasteiger charge is 2.20. The predicted octanol–water partition coefficient (Wildman–Crippen LogP) is 5.38. The first-order valence-corrected chi connectivity index (χ1v) is 13.0. The minimum Gasteiger partial charge on any atom is -0.508 e. The molecule has 0 radical (unpaired) electrons. The summed E-state index contributed by atoms with van der Waals surface area (Å²) >= 11 is 0. The van der Waals surface area contributed by atoms with Gasteiger partial charge in [0, 0.05) is 78.4 Å². The van der Waals surface area contributed by atoms with E-state index in [2.05, 4.69) is 5.32 Å². The molecule has 0 saturated carbocycles. The number of hydrogen-bond acceptors (Lipinski definition) is 11. The average molecular weight is 620 g/mol. The second-order valence-corrected chi connectivity index (χ2v) is 9.66. The third kappa shape index (κ3) is 8.10. The highest BCUT2D eigenvalue weighted by molar-refractivity contribution is 5.64. The molecule has 45 heavy (non-hydrogen) atoms. The molecule has 1 amide bonds. The Balaban J connectivity index is 1.72. The number of phenolic OH excluding ortho intramolecular Hbond substituents is 2. The Labute approximate surface area is 253 Å². The zero-order chi connectivity index (χ0) is 32.7. The number of carbonyl (C=O) groups is 1. The van der Waals surface area contributed by atoms with Crippen LogP contribution in [0.25, 0.3) is 0 Å². The normalized spacial score (nSPS) is 10.6. The molecule has 0 bridgehead atoms. The van der Waals surface area contributed by atoms with E-state index in [4.69, 9.17) is 9.84 Å². The van der Waals surface area contributed by atoms with Crippen molar-refractivity contribution in [1.82, 2.24) is 5.32 Å². The van der Waals surface area contributed by atoms with Gasteiger partial charge in [-0.25, -0.2) is 4.79 Å². The van der Waals surface area contributed by atoms with Gasteiger partial charge < -0.3 is 30.3 Å². The van der Waals surface area contributed by atoms with Crippen LogP contribution in [-0.4, -0.2) is 36.2 Å². The Morgan fingerprint density at radius 2 is 1.20 bits per heavy atom. The summed E-state index contributed by atoms with van der Waals surface area (Å²) in [5, 5.41) is 66.1. The number of non-ortho nitro benzene ring substituents is 3. The van der Waals surface area contributed by atoms with Gasteiger partial charge in [0.1, 0.15) is 23.9 Å². The van der Waals surface area contributed by atoms with Gasteiger partial charge in [-0.3, -0.25) is 30.3 Å². The zero-order valence-electron chi connectivity index (χ0n) is 23.2. The molecule has 16 heteroatoms. The number of nitro groups is 3. The van der Waals surface area contributed by atoms with Gasteiger partial charge in [-0.15, -0.1) is 0 Å². The second-order valence-electron chi connectivity index (χ2n) is 9.66. The molecule has 0 unspecified atom stereocenters. The maximum absolute atomic E-state index is 11.6. The number of benzene rings is 4. The van der Waals surface area contributed by atoms with Crippen LogP contribution in [0.1, 0.15) is 22.3 Å². The molecular formula is C29H25N5O11. The van der Waals surface area contributed by atoms with Crippen LogP contribution >= 0.6 is 0 Å². The van der Waals surface area contributed by atoms with Crippen LogP contribution in [0.3, 0.4) is 0 Å². The largest absolute Gasteiger partial charge is 0.508 e. The van der Waals surface area contributed by atoms with Crippen LogP contribution < -0.4 is 15.0 Å². The van der Waals surface area contributed by atoms with E-state index in [1.165, 1.54) is 30.3 Å². The van der Waals surface area contributed by atoms with Gasteiger partial charge in [0.2, 0.25) is 0 Å².